The van der Waals surface area contributed by atoms with Gasteiger partial charge in [0, 0.05) is 49.0 Å². The van der Waals surface area contributed by atoms with E-state index >= 15 is 0 Å². The monoisotopic (exact) mass is 1110 g/mol. The van der Waals surface area contributed by atoms with Crippen molar-refractivity contribution in [2.75, 3.05) is 6.54 Å². The van der Waals surface area contributed by atoms with Crippen molar-refractivity contribution in [1.29, 1.82) is 0 Å². The predicted octanol–water partition coefficient (Wildman–Crippen LogP) is 6.31. The number of carboxylic acid groups (broad SMARTS) is 1. The van der Waals surface area contributed by atoms with Crippen molar-refractivity contribution in [3.8, 4) is 0 Å². The lowest BCUT2D eigenvalue weighted by Gasteiger charge is -2.25. The van der Waals surface area contributed by atoms with E-state index in [9.17, 15) is 70.9 Å². The number of carbonyl (C=O) groups is 2. The first-order valence-corrected chi connectivity index (χ1v) is 27.9. The molecule has 0 bridgehead atoms. The number of ketones is 1. The molecule has 0 aromatic rings. The summed E-state index contributed by atoms with van der Waals surface area (Å²) in [7, 11) is 0. The highest BCUT2D eigenvalue weighted by molar-refractivity contribution is 5.86. The first-order chi connectivity index (χ1) is 37.6. The molecular weight excluding hydrogens is 1010 g/mol. The molecule has 15 atom stereocenters. The summed E-state index contributed by atoms with van der Waals surface area (Å²) in [6, 6.07) is 0. The number of allylic oxidation sites excluding steroid dienone is 17. The maximum Gasteiger partial charge on any atom is 0.331 e. The van der Waals surface area contributed by atoms with E-state index < -0.39 is 85.1 Å². The Kier molecular flexibility index (Phi) is 44.1. The molecule has 16 nitrogen and oxygen atoms in total. The van der Waals surface area contributed by atoms with Crippen LogP contribution in [0.15, 0.2) is 157 Å². The topological polar surface area (TPSA) is 323 Å². The van der Waals surface area contributed by atoms with E-state index in [1.165, 1.54) is 43.4 Å². The lowest BCUT2D eigenvalue weighted by atomic mass is 9.88. The highest BCUT2D eigenvalue weighted by Gasteiger charge is 2.26. The fraction of sp³-hybridized carbons (Fsp3) is 0.556. The van der Waals surface area contributed by atoms with Crippen molar-refractivity contribution in [2.24, 2.45) is 23.5 Å². The molecule has 15 N–H and O–H groups in total. The van der Waals surface area contributed by atoms with Crippen LogP contribution in [0.5, 0.6) is 0 Å². The summed E-state index contributed by atoms with van der Waals surface area (Å²) < 4.78 is 0. The van der Waals surface area contributed by atoms with Crippen LogP contribution in [-0.4, -0.2) is 158 Å². The zero-order valence-electron chi connectivity index (χ0n) is 47.1. The second-order valence-electron chi connectivity index (χ2n) is 20.4. The van der Waals surface area contributed by atoms with Gasteiger partial charge in [0.15, 0.2) is 0 Å². The van der Waals surface area contributed by atoms with Gasteiger partial charge in [-0.05, 0) is 84.1 Å². The summed E-state index contributed by atoms with van der Waals surface area (Å²) in [6.45, 7) is 7.30. The maximum atomic E-state index is 12.8. The third-order valence-electron chi connectivity index (χ3n) is 12.9. The van der Waals surface area contributed by atoms with Crippen LogP contribution in [0.25, 0.3) is 0 Å². The van der Waals surface area contributed by atoms with Gasteiger partial charge in [-0.2, -0.15) is 0 Å². The van der Waals surface area contributed by atoms with Gasteiger partial charge in [0.25, 0.3) is 0 Å². The summed E-state index contributed by atoms with van der Waals surface area (Å²) >= 11 is 0. The van der Waals surface area contributed by atoms with Gasteiger partial charge in [-0.1, -0.05) is 173 Å². The number of nitrogens with two attached hydrogens (primary N) is 1. The fourth-order valence-corrected chi connectivity index (χ4v) is 7.82. The first kappa shape index (κ1) is 74.2. The van der Waals surface area contributed by atoms with E-state index in [0.717, 1.165) is 12.8 Å². The van der Waals surface area contributed by atoms with E-state index in [1.807, 2.05) is 85.9 Å². The standard InChI is InChI=1S/C63H99NO15/c1-46(28-20-16-12-11-13-17-21-29-47(2)63(78)79)62(77)49(4)60(75)38-23-19-15-10-8-6-5-7-9-14-18-22-37-59(74)48(3)61(76)45-58(73)44-55(70)35-26-31-51(66)40-50(65)30-24-33-53(68)42-57(72)43-54(69)34-25-32-52(67)41-56(71)36-27-39-64/h5-11,13-15,17-21,23-26,28-30,34-35,38,46,48-60,62,65-75,77H,12,16,22,27,31-33,36-37,39-45,64H2,1-4H3,(H,78,79)/b6-5+,9-7+,10-8+,13-11+,18-14+,19-15+,21-17+,28-20+,30-24+,34-25+,35-26+,38-23+,47-29+. The average Bonchev–Trinajstić information content (AvgIpc) is 3.38. The molecule has 446 valence electrons. The van der Waals surface area contributed by atoms with E-state index in [0.29, 0.717) is 32.2 Å². The van der Waals surface area contributed by atoms with E-state index in [4.69, 9.17) is 10.8 Å². The molecule has 0 radical (unpaired) electrons. The lowest BCUT2D eigenvalue weighted by molar-refractivity contribution is -0.132. The minimum absolute atomic E-state index is 0.0225. The Morgan fingerprint density at radius 1 is 0.456 bits per heavy atom. The highest BCUT2D eigenvalue weighted by atomic mass is 16.4. The molecule has 0 spiro atoms. The normalized spacial score (nSPS) is 19.4. The number of hydrogen-bond acceptors (Lipinski definition) is 15. The van der Waals surface area contributed by atoms with Gasteiger partial charge >= 0.3 is 5.97 Å². The summed E-state index contributed by atoms with van der Waals surface area (Å²) in [4.78, 5) is 23.6. The Morgan fingerprint density at radius 2 is 0.899 bits per heavy atom. The molecule has 0 amide bonds. The zero-order valence-corrected chi connectivity index (χ0v) is 47.1. The first-order valence-electron chi connectivity index (χ1n) is 27.9. The van der Waals surface area contributed by atoms with Crippen LogP contribution in [-0.2, 0) is 9.59 Å². The highest BCUT2D eigenvalue weighted by Crippen LogP contribution is 2.20. The van der Waals surface area contributed by atoms with Crippen molar-refractivity contribution in [3.05, 3.63) is 157 Å². The second kappa shape index (κ2) is 46.9. The number of carbonyl (C=O) groups excluding carboxylic acids is 1. The van der Waals surface area contributed by atoms with E-state index in [-0.39, 0.29) is 81.0 Å². The van der Waals surface area contributed by atoms with Gasteiger partial charge in [0.1, 0.15) is 5.78 Å². The number of carboxylic acids is 1. The van der Waals surface area contributed by atoms with Crippen LogP contribution in [0.2, 0.25) is 0 Å². The van der Waals surface area contributed by atoms with Crippen LogP contribution in [0.4, 0.5) is 0 Å². The summed E-state index contributed by atoms with van der Waals surface area (Å²) in [6.07, 6.45) is 36.1. The van der Waals surface area contributed by atoms with Gasteiger partial charge in [0.05, 0.1) is 73.2 Å². The minimum Gasteiger partial charge on any atom is -0.478 e. The van der Waals surface area contributed by atoms with Crippen LogP contribution in [0, 0.1) is 17.8 Å². The van der Waals surface area contributed by atoms with E-state index in [1.54, 1.807) is 50.3 Å². The molecular formula is C63H99NO15. The molecule has 0 aliphatic carbocycles. The molecule has 0 aromatic heterocycles. The summed E-state index contributed by atoms with van der Waals surface area (Å²) in [5.74, 6) is -2.53. The molecule has 16 heteroatoms. The Hall–Kier alpha value is -4.76. The van der Waals surface area contributed by atoms with Gasteiger partial charge in [-0.3, -0.25) is 4.79 Å². The largest absolute Gasteiger partial charge is 0.478 e. The maximum absolute atomic E-state index is 12.8. The minimum atomic E-state index is -1.15. The molecule has 0 aliphatic rings. The van der Waals surface area contributed by atoms with Crippen molar-refractivity contribution in [2.45, 2.75) is 197 Å². The SMILES string of the molecule is C\C(=C/C=C/C=C/CC/C=C/C(C)C(O)C(C)C(O)/C=C/C=C/C=C/C=C/C=C/C=C/CCC(O)C(C)C(=O)CC(O)CC(O)/C=C/CC(O)CC(O)/C=C/CC(O)CC(O)CC(O)/C=C/CC(O)CC(O)CCCN)C(=O)O. The predicted molar refractivity (Wildman–Crippen MR) is 314 cm³/mol. The Balaban J connectivity index is 4.45. The molecule has 0 aromatic carbocycles. The summed E-state index contributed by atoms with van der Waals surface area (Å²) in [5.41, 5.74) is 5.69. The quantitative estimate of drug-likeness (QED) is 0.0137. The number of aliphatic hydroxyl groups excluding tert-OH is 12. The number of rotatable bonds is 45. The smallest absolute Gasteiger partial charge is 0.331 e. The number of hydrogen-bond donors (Lipinski definition) is 14. The molecule has 0 aliphatic heterocycles. The Bertz CT molecular complexity index is 2010. The number of Topliss-reactive ketones (excluding diaryl/α,β-unsaturated/α-hetero) is 1. The van der Waals surface area contributed by atoms with Gasteiger partial charge < -0.3 is 72.1 Å². The molecule has 0 saturated heterocycles. The molecule has 0 rings (SSSR count). The van der Waals surface area contributed by atoms with Crippen LogP contribution < -0.4 is 5.73 Å². The molecule has 15 unspecified atom stereocenters. The van der Waals surface area contributed by atoms with Crippen molar-refractivity contribution >= 4 is 11.8 Å². The van der Waals surface area contributed by atoms with E-state index in [2.05, 4.69) is 0 Å². The lowest BCUT2D eigenvalue weighted by Crippen LogP contribution is -2.32. The average molecular weight is 1110 g/mol. The van der Waals surface area contributed by atoms with Crippen LogP contribution in [0.1, 0.15) is 124 Å². The number of aliphatic carboxylic acids is 1. The van der Waals surface area contributed by atoms with Crippen LogP contribution >= 0.6 is 0 Å². The van der Waals surface area contributed by atoms with Gasteiger partial charge in [0.2, 0.25) is 0 Å². The number of aliphatic hydroxyl groups is 12. The molecule has 0 heterocycles. The second-order valence-corrected chi connectivity index (χ2v) is 20.4. The van der Waals surface area contributed by atoms with Crippen molar-refractivity contribution < 1.29 is 76.0 Å². The Morgan fingerprint density at radius 3 is 1.43 bits per heavy atom. The molecule has 0 fully saturated rings. The van der Waals surface area contributed by atoms with Gasteiger partial charge in [-0.15, -0.1) is 0 Å². The van der Waals surface area contributed by atoms with Crippen molar-refractivity contribution in [3.63, 3.8) is 0 Å². The zero-order chi connectivity index (χ0) is 59.4. The third kappa shape index (κ3) is 41.9. The molecule has 0 saturated carbocycles. The molecule has 79 heavy (non-hydrogen) atoms. The third-order valence-corrected chi connectivity index (χ3v) is 12.9. The Labute approximate surface area is 470 Å². The van der Waals surface area contributed by atoms with Crippen LogP contribution in [0.3, 0.4) is 0 Å². The number of unbranched alkanes of at least 4 members (excludes halogenated alkanes) is 1. The fourth-order valence-electron chi connectivity index (χ4n) is 7.82. The van der Waals surface area contributed by atoms with Gasteiger partial charge in [-0.25, -0.2) is 4.79 Å². The summed E-state index contributed by atoms with van der Waals surface area (Å²) in [5, 5.41) is 133. The van der Waals surface area contributed by atoms with Crippen molar-refractivity contribution in [1.82, 2.24) is 0 Å².